The van der Waals surface area contributed by atoms with Gasteiger partial charge in [0, 0.05) is 17.4 Å². The minimum Gasteiger partial charge on any atom is -0.493 e. The third-order valence-corrected chi connectivity index (χ3v) is 3.75. The zero-order valence-electron chi connectivity index (χ0n) is 15.3. The molecule has 0 radical (unpaired) electrons. The molecule has 0 aliphatic rings. The van der Waals surface area contributed by atoms with Crippen molar-refractivity contribution in [1.82, 2.24) is 0 Å². The lowest BCUT2D eigenvalue weighted by molar-refractivity contribution is -0.120. The van der Waals surface area contributed by atoms with E-state index >= 15 is 0 Å². The summed E-state index contributed by atoms with van der Waals surface area (Å²) in [6.45, 7) is 3.01. The smallest absolute Gasteiger partial charge is 0.255 e. The van der Waals surface area contributed by atoms with E-state index in [0.29, 0.717) is 28.4 Å². The third-order valence-electron chi connectivity index (χ3n) is 3.75. The highest BCUT2D eigenvalue weighted by Crippen LogP contribution is 2.30. The van der Waals surface area contributed by atoms with E-state index in [9.17, 15) is 14.0 Å². The van der Waals surface area contributed by atoms with Gasteiger partial charge >= 0.3 is 0 Å². The number of aryl methyl sites for hydroxylation is 1. The molecule has 0 unspecified atom stereocenters. The van der Waals surface area contributed by atoms with E-state index < -0.39 is 11.9 Å². The number of hydrogen-bond acceptors (Lipinski definition) is 5. The number of amides is 2. The van der Waals surface area contributed by atoms with Gasteiger partial charge in [-0.2, -0.15) is 0 Å². The molecule has 4 N–H and O–H groups in total. The minimum absolute atomic E-state index is 0.297. The first-order chi connectivity index (χ1) is 12.8. The average molecular weight is 375 g/mol. The fourth-order valence-corrected chi connectivity index (χ4v) is 2.26. The molecule has 0 aromatic heterocycles. The number of rotatable bonds is 8. The fraction of sp³-hybridized carbons (Fsp3) is 0.263. The van der Waals surface area contributed by atoms with Crippen molar-refractivity contribution in [2.75, 3.05) is 24.4 Å². The van der Waals surface area contributed by atoms with Crippen LogP contribution in [0, 0.1) is 12.7 Å². The van der Waals surface area contributed by atoms with Crippen LogP contribution in [0.1, 0.15) is 12.5 Å². The maximum absolute atomic E-state index is 13.6. The third kappa shape index (κ3) is 5.60. The average Bonchev–Trinajstić information content (AvgIpc) is 2.63. The molecule has 2 amide bonds. The number of nitrogens with two attached hydrogens (primary N) is 1. The number of ether oxygens (including phenoxy) is 2. The Kier molecular flexibility index (Phi) is 6.59. The van der Waals surface area contributed by atoms with Crippen LogP contribution in [0.5, 0.6) is 11.5 Å². The summed E-state index contributed by atoms with van der Waals surface area (Å²) in [4.78, 5) is 23.2. The molecule has 2 rings (SSSR count). The Morgan fingerprint density at radius 3 is 2.48 bits per heavy atom. The monoisotopic (exact) mass is 375 g/mol. The van der Waals surface area contributed by atoms with Crippen molar-refractivity contribution in [2.24, 2.45) is 5.73 Å². The second-order valence-electron chi connectivity index (χ2n) is 5.94. The summed E-state index contributed by atoms with van der Waals surface area (Å²) < 4.78 is 24.1. The van der Waals surface area contributed by atoms with Crippen LogP contribution >= 0.6 is 0 Å². The maximum atomic E-state index is 13.6. The molecule has 0 saturated carbocycles. The van der Waals surface area contributed by atoms with E-state index in [0.717, 1.165) is 0 Å². The van der Waals surface area contributed by atoms with Gasteiger partial charge in [-0.3, -0.25) is 9.59 Å². The number of benzene rings is 2. The molecular weight excluding hydrogens is 353 g/mol. The molecule has 27 heavy (non-hydrogen) atoms. The topological polar surface area (TPSA) is 103 Å². The molecule has 144 valence electrons. The highest BCUT2D eigenvalue weighted by molar-refractivity contribution is 5.96. The highest BCUT2D eigenvalue weighted by Gasteiger charge is 2.15. The van der Waals surface area contributed by atoms with Crippen molar-refractivity contribution < 1.29 is 23.5 Å². The summed E-state index contributed by atoms with van der Waals surface area (Å²) >= 11 is 0. The van der Waals surface area contributed by atoms with E-state index in [1.807, 2.05) is 0 Å². The van der Waals surface area contributed by atoms with Crippen LogP contribution in [0.3, 0.4) is 0 Å². The number of hydrogen-bond donors (Lipinski definition) is 3. The molecule has 0 heterocycles. The van der Waals surface area contributed by atoms with Crippen LogP contribution in [0.25, 0.3) is 0 Å². The van der Waals surface area contributed by atoms with Gasteiger partial charge in [0.1, 0.15) is 11.9 Å². The van der Waals surface area contributed by atoms with E-state index in [4.69, 9.17) is 15.2 Å². The predicted molar refractivity (Wildman–Crippen MR) is 101 cm³/mol. The molecule has 0 aliphatic carbocycles. The van der Waals surface area contributed by atoms with E-state index in [1.165, 1.54) is 13.2 Å². The standard InChI is InChI=1S/C19H22FN3O4/c1-11-4-5-13(8-15(11)20)23-19(25)12(2)22-14-6-7-16(26-3)17(9-14)27-10-18(21)24/h4-9,12,22H,10H2,1-3H3,(H2,21,24)(H,23,25)/t12-/m1/s1. The lowest BCUT2D eigenvalue weighted by Gasteiger charge is -2.17. The van der Waals surface area contributed by atoms with Crippen LogP contribution in [-0.2, 0) is 9.59 Å². The lowest BCUT2D eigenvalue weighted by atomic mass is 10.2. The molecule has 1 atom stereocenters. The number of primary amides is 1. The Hall–Kier alpha value is -3.29. The molecule has 0 bridgehead atoms. The van der Waals surface area contributed by atoms with Gasteiger partial charge < -0.3 is 25.8 Å². The van der Waals surface area contributed by atoms with Gasteiger partial charge in [0.25, 0.3) is 5.91 Å². The quantitative estimate of drug-likeness (QED) is 0.658. The van der Waals surface area contributed by atoms with E-state index in [-0.39, 0.29) is 18.3 Å². The zero-order valence-corrected chi connectivity index (χ0v) is 15.3. The number of methoxy groups -OCH3 is 1. The van der Waals surface area contributed by atoms with Crippen LogP contribution in [-0.4, -0.2) is 31.6 Å². The molecule has 0 saturated heterocycles. The normalized spacial score (nSPS) is 11.4. The zero-order chi connectivity index (χ0) is 20.0. The van der Waals surface area contributed by atoms with Gasteiger partial charge in [-0.25, -0.2) is 4.39 Å². The van der Waals surface area contributed by atoms with Crippen molar-refractivity contribution >= 4 is 23.2 Å². The van der Waals surface area contributed by atoms with E-state index in [2.05, 4.69) is 10.6 Å². The summed E-state index contributed by atoms with van der Waals surface area (Å²) in [5.74, 6) is -0.606. The Bertz CT molecular complexity index is 842. The molecule has 8 heteroatoms. The first kappa shape index (κ1) is 20.0. The van der Waals surface area contributed by atoms with E-state index in [1.54, 1.807) is 44.2 Å². The summed E-state index contributed by atoms with van der Waals surface area (Å²) in [6, 6.07) is 8.80. The fourth-order valence-electron chi connectivity index (χ4n) is 2.26. The van der Waals surface area contributed by atoms with Crippen molar-refractivity contribution in [3.8, 4) is 11.5 Å². The number of carbonyl (C=O) groups is 2. The van der Waals surface area contributed by atoms with Gasteiger partial charge in [-0.05, 0) is 43.7 Å². The van der Waals surface area contributed by atoms with Crippen molar-refractivity contribution in [3.63, 3.8) is 0 Å². The maximum Gasteiger partial charge on any atom is 0.255 e. The second-order valence-corrected chi connectivity index (χ2v) is 5.94. The summed E-state index contributed by atoms with van der Waals surface area (Å²) in [7, 11) is 1.47. The minimum atomic E-state index is -0.619. The van der Waals surface area contributed by atoms with Crippen molar-refractivity contribution in [2.45, 2.75) is 19.9 Å². The Balaban J connectivity index is 2.05. The van der Waals surface area contributed by atoms with Crippen LogP contribution in [0.2, 0.25) is 0 Å². The Morgan fingerprint density at radius 1 is 1.15 bits per heavy atom. The molecule has 7 nitrogen and oxygen atoms in total. The first-order valence-electron chi connectivity index (χ1n) is 8.23. The largest absolute Gasteiger partial charge is 0.493 e. The Morgan fingerprint density at radius 2 is 1.85 bits per heavy atom. The number of nitrogens with one attached hydrogen (secondary N) is 2. The highest BCUT2D eigenvalue weighted by atomic mass is 19.1. The SMILES string of the molecule is COc1ccc(N[C@H](C)C(=O)Nc2ccc(C)c(F)c2)cc1OCC(N)=O. The van der Waals surface area contributed by atoms with Gasteiger partial charge in [0.15, 0.2) is 18.1 Å². The Labute approximate surface area is 156 Å². The second kappa shape index (κ2) is 8.88. The molecule has 0 aliphatic heterocycles. The summed E-state index contributed by atoms with van der Waals surface area (Å²) in [5, 5.41) is 5.66. The van der Waals surface area contributed by atoms with Crippen molar-refractivity contribution in [1.29, 1.82) is 0 Å². The molecule has 2 aromatic rings. The molecule has 0 spiro atoms. The van der Waals surface area contributed by atoms with Gasteiger partial charge in [0.2, 0.25) is 5.91 Å². The lowest BCUT2D eigenvalue weighted by Crippen LogP contribution is -2.31. The number of carbonyl (C=O) groups excluding carboxylic acids is 2. The van der Waals surface area contributed by atoms with Crippen LogP contribution in [0.15, 0.2) is 36.4 Å². The van der Waals surface area contributed by atoms with Crippen LogP contribution < -0.4 is 25.8 Å². The summed E-state index contributed by atoms with van der Waals surface area (Å²) in [6.07, 6.45) is 0. The molecular formula is C19H22FN3O4. The van der Waals surface area contributed by atoms with Crippen LogP contribution in [0.4, 0.5) is 15.8 Å². The van der Waals surface area contributed by atoms with Gasteiger partial charge in [-0.1, -0.05) is 6.07 Å². The summed E-state index contributed by atoms with van der Waals surface area (Å²) in [5.41, 5.74) is 6.53. The predicted octanol–water partition coefficient (Wildman–Crippen LogP) is 2.45. The van der Waals surface area contributed by atoms with Gasteiger partial charge in [0.05, 0.1) is 7.11 Å². The number of halogens is 1. The number of anilines is 2. The molecule has 0 fully saturated rings. The van der Waals surface area contributed by atoms with Crippen molar-refractivity contribution in [3.05, 3.63) is 47.8 Å². The molecule has 2 aromatic carbocycles. The van der Waals surface area contributed by atoms with Gasteiger partial charge in [-0.15, -0.1) is 0 Å². The first-order valence-corrected chi connectivity index (χ1v) is 8.23.